The Morgan fingerprint density at radius 2 is 1.86 bits per heavy atom. The van der Waals surface area contributed by atoms with Crippen LogP contribution in [0.15, 0.2) is 0 Å². The van der Waals surface area contributed by atoms with E-state index in [-0.39, 0.29) is 24.2 Å². The fourth-order valence-corrected chi connectivity index (χ4v) is 4.02. The molecule has 0 aromatic carbocycles. The molecule has 3 saturated heterocycles. The van der Waals surface area contributed by atoms with Crippen LogP contribution in [0.3, 0.4) is 0 Å². The van der Waals surface area contributed by atoms with E-state index < -0.39 is 0 Å². The molecule has 21 heavy (non-hydrogen) atoms. The Bertz CT molecular complexity index is 390. The van der Waals surface area contributed by atoms with Gasteiger partial charge in [0, 0.05) is 38.6 Å². The van der Waals surface area contributed by atoms with Crippen molar-refractivity contribution in [1.29, 1.82) is 0 Å². The van der Waals surface area contributed by atoms with E-state index in [1.54, 1.807) is 6.92 Å². The van der Waals surface area contributed by atoms with Crippen molar-refractivity contribution < 1.29 is 9.59 Å². The van der Waals surface area contributed by atoms with E-state index in [1.165, 1.54) is 0 Å². The van der Waals surface area contributed by atoms with Crippen LogP contribution < -0.4 is 5.32 Å². The largest absolute Gasteiger partial charge is 0.342 e. The molecule has 2 bridgehead atoms. The average molecular weight is 316 g/mol. The van der Waals surface area contributed by atoms with E-state index >= 15 is 0 Å². The van der Waals surface area contributed by atoms with Crippen LogP contribution in [0.25, 0.3) is 0 Å². The van der Waals surface area contributed by atoms with Gasteiger partial charge in [-0.1, -0.05) is 0 Å². The standard InChI is InChI=1S/C15H25N3O2.ClH/c1-11(19)17-8-2-3-12(10-17)15(20)18-13-4-5-14(18)9-16-7-6-13;/h12-14,16H,2-10H2,1H3;1H. The molecule has 0 aromatic rings. The number of likely N-dealkylation sites (tertiary alicyclic amines) is 1. The summed E-state index contributed by atoms with van der Waals surface area (Å²) in [6.07, 6.45) is 5.25. The highest BCUT2D eigenvalue weighted by atomic mass is 35.5. The molecule has 0 radical (unpaired) electrons. The molecule has 3 atom stereocenters. The number of fused-ring (bicyclic) bond motifs is 2. The highest BCUT2D eigenvalue weighted by Gasteiger charge is 2.41. The fraction of sp³-hybridized carbons (Fsp3) is 0.867. The van der Waals surface area contributed by atoms with Gasteiger partial charge in [-0.05, 0) is 38.6 Å². The maximum Gasteiger partial charge on any atom is 0.228 e. The Labute approximate surface area is 132 Å². The van der Waals surface area contributed by atoms with Crippen LogP contribution in [0, 0.1) is 5.92 Å². The summed E-state index contributed by atoms with van der Waals surface area (Å²) in [5, 5.41) is 3.44. The van der Waals surface area contributed by atoms with Crippen molar-refractivity contribution in [3.05, 3.63) is 0 Å². The van der Waals surface area contributed by atoms with E-state index in [9.17, 15) is 9.59 Å². The number of hydrogen-bond acceptors (Lipinski definition) is 3. The molecule has 3 aliphatic heterocycles. The van der Waals surface area contributed by atoms with Crippen molar-refractivity contribution in [3.8, 4) is 0 Å². The van der Waals surface area contributed by atoms with Crippen molar-refractivity contribution in [2.75, 3.05) is 26.2 Å². The van der Waals surface area contributed by atoms with Gasteiger partial charge in [0.15, 0.2) is 0 Å². The third kappa shape index (κ3) is 3.34. The van der Waals surface area contributed by atoms with E-state index in [0.717, 1.165) is 51.7 Å². The summed E-state index contributed by atoms with van der Waals surface area (Å²) in [6.45, 7) is 5.00. The summed E-state index contributed by atoms with van der Waals surface area (Å²) in [6, 6.07) is 0.804. The van der Waals surface area contributed by atoms with Gasteiger partial charge in [0.25, 0.3) is 0 Å². The highest BCUT2D eigenvalue weighted by molar-refractivity contribution is 5.85. The van der Waals surface area contributed by atoms with Crippen molar-refractivity contribution >= 4 is 24.2 Å². The highest BCUT2D eigenvalue weighted by Crippen LogP contribution is 2.31. The van der Waals surface area contributed by atoms with Gasteiger partial charge in [-0.25, -0.2) is 0 Å². The summed E-state index contributed by atoms with van der Waals surface area (Å²) in [7, 11) is 0. The minimum absolute atomic E-state index is 0. The molecule has 2 amide bonds. The first kappa shape index (κ1) is 16.6. The first-order chi connectivity index (χ1) is 9.66. The van der Waals surface area contributed by atoms with Crippen LogP contribution >= 0.6 is 12.4 Å². The number of amides is 2. The SMILES string of the molecule is CC(=O)N1CCCC(C(=O)N2C3CCNCC2CC3)C1.Cl. The molecule has 3 rings (SSSR count). The number of rotatable bonds is 1. The van der Waals surface area contributed by atoms with E-state index in [1.807, 2.05) is 4.90 Å². The smallest absolute Gasteiger partial charge is 0.228 e. The molecule has 6 heteroatoms. The predicted octanol–water partition coefficient (Wildman–Crippen LogP) is 1.02. The van der Waals surface area contributed by atoms with Gasteiger partial charge < -0.3 is 15.1 Å². The Balaban J connectivity index is 0.00000161. The molecule has 1 N–H and O–H groups in total. The molecule has 3 aliphatic rings. The number of nitrogens with one attached hydrogen (secondary N) is 1. The van der Waals surface area contributed by atoms with Crippen LogP contribution in [-0.4, -0.2) is 59.9 Å². The van der Waals surface area contributed by atoms with Gasteiger partial charge >= 0.3 is 0 Å². The Morgan fingerprint density at radius 3 is 2.62 bits per heavy atom. The molecule has 0 aromatic heterocycles. The summed E-state index contributed by atoms with van der Waals surface area (Å²) < 4.78 is 0. The second kappa shape index (κ2) is 6.97. The van der Waals surface area contributed by atoms with E-state index in [4.69, 9.17) is 0 Å². The quantitative estimate of drug-likeness (QED) is 0.786. The number of hydrogen-bond donors (Lipinski definition) is 1. The number of halogens is 1. The second-order valence-electron chi connectivity index (χ2n) is 6.43. The molecular formula is C15H26ClN3O2. The molecule has 3 heterocycles. The van der Waals surface area contributed by atoms with Crippen LogP contribution in [0.5, 0.6) is 0 Å². The number of carbonyl (C=O) groups is 2. The lowest BCUT2D eigenvalue weighted by Gasteiger charge is -2.36. The molecule has 0 saturated carbocycles. The Morgan fingerprint density at radius 1 is 1.10 bits per heavy atom. The Hall–Kier alpha value is -0.810. The molecule has 0 spiro atoms. The number of carbonyl (C=O) groups excluding carboxylic acids is 2. The van der Waals surface area contributed by atoms with E-state index in [2.05, 4.69) is 10.2 Å². The molecule has 0 aliphatic carbocycles. The lowest BCUT2D eigenvalue weighted by Crippen LogP contribution is -2.50. The van der Waals surface area contributed by atoms with Gasteiger partial charge in [0.05, 0.1) is 5.92 Å². The lowest BCUT2D eigenvalue weighted by atomic mass is 9.95. The van der Waals surface area contributed by atoms with Crippen LogP contribution in [-0.2, 0) is 9.59 Å². The number of nitrogens with zero attached hydrogens (tertiary/aromatic N) is 2. The van der Waals surface area contributed by atoms with Crippen molar-refractivity contribution in [1.82, 2.24) is 15.1 Å². The molecule has 3 unspecified atom stereocenters. The predicted molar refractivity (Wildman–Crippen MR) is 83.4 cm³/mol. The van der Waals surface area contributed by atoms with Crippen molar-refractivity contribution in [2.24, 2.45) is 5.92 Å². The second-order valence-corrected chi connectivity index (χ2v) is 6.43. The van der Waals surface area contributed by atoms with Crippen LogP contribution in [0.2, 0.25) is 0 Å². The maximum atomic E-state index is 12.9. The Kier molecular flexibility index (Phi) is 5.49. The van der Waals surface area contributed by atoms with Gasteiger partial charge in [-0.2, -0.15) is 0 Å². The first-order valence-corrected chi connectivity index (χ1v) is 7.95. The number of piperidine rings is 1. The zero-order valence-corrected chi connectivity index (χ0v) is 13.5. The first-order valence-electron chi connectivity index (χ1n) is 7.95. The summed E-state index contributed by atoms with van der Waals surface area (Å²) in [4.78, 5) is 28.4. The topological polar surface area (TPSA) is 52.7 Å². The third-order valence-corrected chi connectivity index (χ3v) is 5.12. The molecular weight excluding hydrogens is 290 g/mol. The summed E-state index contributed by atoms with van der Waals surface area (Å²) >= 11 is 0. The molecule has 3 fully saturated rings. The minimum atomic E-state index is 0. The van der Waals surface area contributed by atoms with Crippen LogP contribution in [0.1, 0.15) is 39.0 Å². The molecule has 5 nitrogen and oxygen atoms in total. The van der Waals surface area contributed by atoms with Gasteiger partial charge in [0.2, 0.25) is 11.8 Å². The normalized spacial score (nSPS) is 32.3. The zero-order chi connectivity index (χ0) is 14.1. The molecule has 120 valence electrons. The van der Waals surface area contributed by atoms with E-state index in [0.29, 0.717) is 24.5 Å². The van der Waals surface area contributed by atoms with Gasteiger partial charge in [-0.3, -0.25) is 9.59 Å². The van der Waals surface area contributed by atoms with Gasteiger partial charge in [0.1, 0.15) is 0 Å². The summed E-state index contributed by atoms with van der Waals surface area (Å²) in [5.41, 5.74) is 0. The van der Waals surface area contributed by atoms with Gasteiger partial charge in [-0.15, -0.1) is 12.4 Å². The third-order valence-electron chi connectivity index (χ3n) is 5.12. The maximum absolute atomic E-state index is 12.9. The van der Waals surface area contributed by atoms with Crippen LogP contribution in [0.4, 0.5) is 0 Å². The van der Waals surface area contributed by atoms with Crippen molar-refractivity contribution in [3.63, 3.8) is 0 Å². The minimum Gasteiger partial charge on any atom is -0.342 e. The zero-order valence-electron chi connectivity index (χ0n) is 12.7. The lowest BCUT2D eigenvalue weighted by molar-refractivity contribution is -0.142. The average Bonchev–Trinajstić information content (AvgIpc) is 2.71. The monoisotopic (exact) mass is 315 g/mol. The fourth-order valence-electron chi connectivity index (χ4n) is 4.02. The van der Waals surface area contributed by atoms with Crippen molar-refractivity contribution in [2.45, 2.75) is 51.1 Å². The summed E-state index contributed by atoms with van der Waals surface area (Å²) in [5.74, 6) is 0.420.